The van der Waals surface area contributed by atoms with Crippen LogP contribution in [0.3, 0.4) is 0 Å². The number of rotatable bonds is 0. The quantitative estimate of drug-likeness (QED) is 0.442. The van der Waals surface area contributed by atoms with E-state index in [9.17, 15) is 9.65 Å². The lowest BCUT2D eigenvalue weighted by Gasteiger charge is -2.21. The average molecular weight is 428 g/mol. The van der Waals surface area contributed by atoms with Crippen LogP contribution in [-0.2, 0) is 7.05 Å². The molecule has 4 aromatic rings. The third-order valence-electron chi connectivity index (χ3n) is 5.28. The van der Waals surface area contributed by atoms with Crippen molar-refractivity contribution in [3.05, 3.63) is 65.9 Å². The standard InChI is InChI=1S/C23H17FN6O2/c1-12-16-9-14(24)5-6-15(16)21-18(4-3-7-27-21)32-23-20(17(10-25)30(2)29-23)13-8-19(31-12)22(26)28-11-13/h3-9,11-12H,1-2H3,(H2,26,28)/t12-/m1/s1. The van der Waals surface area contributed by atoms with Gasteiger partial charge in [-0.3, -0.25) is 9.67 Å². The first-order chi connectivity index (χ1) is 15.5. The zero-order valence-electron chi connectivity index (χ0n) is 17.2. The van der Waals surface area contributed by atoms with E-state index in [1.165, 1.54) is 23.0 Å². The Hall–Kier alpha value is -4.45. The van der Waals surface area contributed by atoms with Crippen LogP contribution in [0.1, 0.15) is 24.3 Å². The maximum absolute atomic E-state index is 14.2. The number of pyridine rings is 2. The fourth-order valence-corrected chi connectivity index (χ4v) is 3.76. The lowest BCUT2D eigenvalue weighted by Crippen LogP contribution is -2.09. The molecule has 5 rings (SSSR count). The summed E-state index contributed by atoms with van der Waals surface area (Å²) >= 11 is 0. The maximum atomic E-state index is 14.2. The summed E-state index contributed by atoms with van der Waals surface area (Å²) in [5.41, 5.74) is 9.04. The van der Waals surface area contributed by atoms with Crippen molar-refractivity contribution >= 4 is 5.82 Å². The molecule has 0 amide bonds. The molecule has 1 aromatic carbocycles. The van der Waals surface area contributed by atoms with Gasteiger partial charge < -0.3 is 15.2 Å². The van der Waals surface area contributed by atoms with Crippen molar-refractivity contribution in [2.75, 3.05) is 5.73 Å². The molecule has 1 aliphatic rings. The van der Waals surface area contributed by atoms with Gasteiger partial charge >= 0.3 is 0 Å². The molecule has 8 nitrogen and oxygen atoms in total. The normalized spacial score (nSPS) is 14.4. The minimum absolute atomic E-state index is 0.166. The molecule has 0 fully saturated rings. The van der Waals surface area contributed by atoms with Gasteiger partial charge in [-0.1, -0.05) is 0 Å². The van der Waals surface area contributed by atoms with Gasteiger partial charge in [-0.2, -0.15) is 5.26 Å². The highest BCUT2D eigenvalue weighted by atomic mass is 19.1. The number of halogens is 1. The number of hydrogen-bond donors (Lipinski definition) is 1. The van der Waals surface area contributed by atoms with E-state index in [4.69, 9.17) is 15.2 Å². The van der Waals surface area contributed by atoms with Crippen molar-refractivity contribution in [3.8, 4) is 45.8 Å². The van der Waals surface area contributed by atoms with Gasteiger partial charge in [0.2, 0.25) is 5.88 Å². The molecule has 0 saturated heterocycles. The molecule has 3 aromatic heterocycles. The van der Waals surface area contributed by atoms with Crippen LogP contribution in [-0.4, -0.2) is 19.7 Å². The van der Waals surface area contributed by atoms with Crippen molar-refractivity contribution in [3.63, 3.8) is 0 Å². The van der Waals surface area contributed by atoms with Crippen LogP contribution in [0.2, 0.25) is 0 Å². The summed E-state index contributed by atoms with van der Waals surface area (Å²) in [7, 11) is 1.65. The number of hydrogen-bond acceptors (Lipinski definition) is 7. The van der Waals surface area contributed by atoms with Crippen LogP contribution in [0, 0.1) is 17.1 Å². The molecule has 32 heavy (non-hydrogen) atoms. The first-order valence-corrected chi connectivity index (χ1v) is 9.78. The average Bonchev–Trinajstić information content (AvgIpc) is 3.09. The minimum atomic E-state index is -0.585. The molecule has 0 unspecified atom stereocenters. The van der Waals surface area contributed by atoms with Crippen LogP contribution in [0.15, 0.2) is 48.8 Å². The second kappa shape index (κ2) is 7.35. The molecule has 2 N–H and O–H groups in total. The zero-order chi connectivity index (χ0) is 22.4. The number of anilines is 1. The summed E-state index contributed by atoms with van der Waals surface area (Å²) < 4.78 is 27.9. The third kappa shape index (κ3) is 3.09. The van der Waals surface area contributed by atoms with Gasteiger partial charge in [0.1, 0.15) is 29.4 Å². The van der Waals surface area contributed by atoms with E-state index in [-0.39, 0.29) is 17.4 Å². The Kier molecular flexibility index (Phi) is 4.48. The predicted octanol–water partition coefficient (Wildman–Crippen LogP) is 4.38. The van der Waals surface area contributed by atoms with Crippen molar-refractivity contribution in [1.82, 2.24) is 19.7 Å². The Morgan fingerprint density at radius 1 is 1.19 bits per heavy atom. The van der Waals surface area contributed by atoms with Gasteiger partial charge in [-0.05, 0) is 43.3 Å². The van der Waals surface area contributed by atoms with Crippen molar-refractivity contribution in [2.45, 2.75) is 13.0 Å². The molecule has 9 heteroatoms. The fourth-order valence-electron chi connectivity index (χ4n) is 3.76. The van der Waals surface area contributed by atoms with E-state index in [1.807, 2.05) is 0 Å². The molecule has 1 aliphatic heterocycles. The highest BCUT2D eigenvalue weighted by Gasteiger charge is 2.26. The Balaban J connectivity index is 1.84. The van der Waals surface area contributed by atoms with Crippen LogP contribution in [0.5, 0.6) is 17.4 Å². The van der Waals surface area contributed by atoms with Crippen LogP contribution < -0.4 is 15.2 Å². The second-order valence-corrected chi connectivity index (χ2v) is 7.32. The summed E-state index contributed by atoms with van der Waals surface area (Å²) in [5.74, 6) is 0.661. The number of nitrogens with two attached hydrogens (primary N) is 1. The van der Waals surface area contributed by atoms with Gasteiger partial charge in [-0.15, -0.1) is 5.10 Å². The number of aromatic nitrogens is 4. The molecule has 0 saturated carbocycles. The summed E-state index contributed by atoms with van der Waals surface area (Å²) in [4.78, 5) is 8.71. The molecule has 0 spiro atoms. The number of nitriles is 1. The molecule has 0 aliphatic carbocycles. The summed E-state index contributed by atoms with van der Waals surface area (Å²) in [6.45, 7) is 1.79. The fraction of sp³-hybridized carbons (Fsp3) is 0.130. The van der Waals surface area contributed by atoms with Crippen LogP contribution in [0.4, 0.5) is 10.2 Å². The van der Waals surface area contributed by atoms with Crippen molar-refractivity contribution < 1.29 is 13.9 Å². The molecular formula is C23H17FN6O2. The number of ether oxygens (including phenoxy) is 2. The zero-order valence-corrected chi connectivity index (χ0v) is 17.2. The number of aryl methyl sites for hydroxylation is 1. The topological polar surface area (TPSA) is 112 Å². The van der Waals surface area contributed by atoms with Crippen LogP contribution in [0.25, 0.3) is 22.4 Å². The summed E-state index contributed by atoms with van der Waals surface area (Å²) in [5, 5.41) is 14.1. The molecule has 2 bridgehead atoms. The second-order valence-electron chi connectivity index (χ2n) is 7.32. The van der Waals surface area contributed by atoms with E-state index >= 15 is 0 Å². The Morgan fingerprint density at radius 3 is 2.84 bits per heavy atom. The number of nitrogen functional groups attached to an aromatic ring is 1. The summed E-state index contributed by atoms with van der Waals surface area (Å²) in [6.07, 6.45) is 2.57. The van der Waals surface area contributed by atoms with Gasteiger partial charge in [0.25, 0.3) is 0 Å². The van der Waals surface area contributed by atoms with Gasteiger partial charge in [0.15, 0.2) is 17.3 Å². The molecule has 4 heterocycles. The van der Waals surface area contributed by atoms with E-state index in [2.05, 4.69) is 21.1 Å². The molecular weight excluding hydrogens is 411 g/mol. The number of fused-ring (bicyclic) bond motifs is 7. The monoisotopic (exact) mass is 428 g/mol. The Morgan fingerprint density at radius 2 is 2.03 bits per heavy atom. The first kappa shape index (κ1) is 19.5. The van der Waals surface area contributed by atoms with Gasteiger partial charge in [0.05, 0.1) is 5.56 Å². The largest absolute Gasteiger partial charge is 0.482 e. The Labute approximate surface area is 182 Å². The van der Waals surface area contributed by atoms with E-state index < -0.39 is 11.9 Å². The van der Waals surface area contributed by atoms with E-state index in [0.29, 0.717) is 39.4 Å². The van der Waals surface area contributed by atoms with Crippen LogP contribution >= 0.6 is 0 Å². The maximum Gasteiger partial charge on any atom is 0.247 e. The van der Waals surface area contributed by atoms with Crippen molar-refractivity contribution in [2.24, 2.45) is 7.05 Å². The Bertz CT molecular complexity index is 1410. The minimum Gasteiger partial charge on any atom is -0.482 e. The first-order valence-electron chi connectivity index (χ1n) is 9.78. The molecule has 158 valence electrons. The van der Waals surface area contributed by atoms with Crippen molar-refractivity contribution in [1.29, 1.82) is 5.26 Å². The highest BCUT2D eigenvalue weighted by Crippen LogP contribution is 2.42. The number of nitrogens with zero attached hydrogens (tertiary/aromatic N) is 5. The smallest absolute Gasteiger partial charge is 0.247 e. The highest BCUT2D eigenvalue weighted by molar-refractivity contribution is 5.77. The molecule has 0 radical (unpaired) electrons. The lowest BCUT2D eigenvalue weighted by atomic mass is 9.99. The molecule has 1 atom stereocenters. The lowest BCUT2D eigenvalue weighted by molar-refractivity contribution is 0.227. The number of benzene rings is 1. The van der Waals surface area contributed by atoms with Gasteiger partial charge in [0, 0.05) is 36.1 Å². The predicted molar refractivity (Wildman–Crippen MR) is 114 cm³/mol. The summed E-state index contributed by atoms with van der Waals surface area (Å²) in [6, 6.07) is 11.7. The van der Waals surface area contributed by atoms with Gasteiger partial charge in [-0.25, -0.2) is 9.37 Å². The SMILES string of the molecule is C[C@H]1Oc2cc(cnc2N)-c2c(nn(C)c2C#N)Oc2cccnc2-c2ccc(F)cc21. The van der Waals surface area contributed by atoms with E-state index in [1.54, 1.807) is 44.4 Å². The van der Waals surface area contributed by atoms with E-state index in [0.717, 1.165) is 0 Å². The third-order valence-corrected chi connectivity index (χ3v) is 5.28.